The highest BCUT2D eigenvalue weighted by atomic mass is 16.6. The van der Waals surface area contributed by atoms with Crippen LogP contribution in [0.1, 0.15) is 17.9 Å². The number of para-hydroxylation sites is 2. The zero-order chi connectivity index (χ0) is 24.9. The van der Waals surface area contributed by atoms with Gasteiger partial charge in [0, 0.05) is 46.7 Å². The predicted octanol–water partition coefficient (Wildman–Crippen LogP) is -0.979. The van der Waals surface area contributed by atoms with Crippen molar-refractivity contribution in [2.24, 2.45) is 14.1 Å². The van der Waals surface area contributed by atoms with Crippen LogP contribution in [-0.2, 0) is 28.5 Å². The van der Waals surface area contributed by atoms with Crippen LogP contribution in [0.15, 0.2) is 33.9 Å². The van der Waals surface area contributed by atoms with E-state index in [2.05, 4.69) is 5.32 Å². The lowest BCUT2D eigenvalue weighted by atomic mass is 9.98. The second kappa shape index (κ2) is 8.60. The summed E-state index contributed by atoms with van der Waals surface area (Å²) in [4.78, 5) is 66.5. The number of rotatable bonds is 3. The third-order valence-electron chi connectivity index (χ3n) is 6.71. The molecule has 3 aliphatic rings. The molecule has 1 fully saturated rings. The molecule has 0 aliphatic carbocycles. The number of carbonyl (C=O) groups is 3. The molecule has 35 heavy (non-hydrogen) atoms. The molecule has 1 saturated heterocycles. The van der Waals surface area contributed by atoms with Crippen LogP contribution in [0.25, 0.3) is 0 Å². The maximum atomic E-state index is 13.0. The number of fused-ring (bicyclic) bond motifs is 2. The van der Waals surface area contributed by atoms with Crippen molar-refractivity contribution >= 4 is 23.5 Å². The van der Waals surface area contributed by atoms with E-state index in [1.807, 2.05) is 6.07 Å². The van der Waals surface area contributed by atoms with Crippen molar-refractivity contribution in [2.45, 2.75) is 18.4 Å². The van der Waals surface area contributed by atoms with Crippen LogP contribution in [0.4, 0.5) is 5.82 Å². The Bertz CT molecular complexity index is 1340. The van der Waals surface area contributed by atoms with Crippen molar-refractivity contribution in [1.29, 1.82) is 0 Å². The standard InChI is InChI=1S/C23H25N5O7/c1-25-19-18(22(32)26(2)23(25)33)13(20(30)24-19)11-17(29)27-7-9-28(10-8-27)21(31)16-12-34-14-5-3-4-6-15(14)35-16/h3-6,13,16H,7-12H2,1-2H3,(H,24,30)/t13-,16-/m1/s1. The van der Waals surface area contributed by atoms with E-state index >= 15 is 0 Å². The number of hydrogen-bond acceptors (Lipinski definition) is 7. The van der Waals surface area contributed by atoms with E-state index in [1.54, 1.807) is 28.0 Å². The van der Waals surface area contributed by atoms with E-state index in [1.165, 1.54) is 18.7 Å². The lowest BCUT2D eigenvalue weighted by Gasteiger charge is -2.37. The summed E-state index contributed by atoms with van der Waals surface area (Å²) < 4.78 is 13.5. The van der Waals surface area contributed by atoms with Gasteiger partial charge in [-0.1, -0.05) is 12.1 Å². The Morgan fingerprint density at radius 1 is 0.971 bits per heavy atom. The average Bonchev–Trinajstić information content (AvgIpc) is 3.21. The molecule has 0 unspecified atom stereocenters. The molecule has 1 aromatic carbocycles. The maximum Gasteiger partial charge on any atom is 0.332 e. The summed E-state index contributed by atoms with van der Waals surface area (Å²) in [5.41, 5.74) is -1.03. The first kappa shape index (κ1) is 22.7. The van der Waals surface area contributed by atoms with Crippen molar-refractivity contribution in [3.8, 4) is 11.5 Å². The quantitative estimate of drug-likeness (QED) is 0.594. The minimum Gasteiger partial charge on any atom is -0.485 e. The first-order chi connectivity index (χ1) is 16.8. The van der Waals surface area contributed by atoms with Crippen molar-refractivity contribution in [1.82, 2.24) is 18.9 Å². The second-order valence-corrected chi connectivity index (χ2v) is 8.78. The molecule has 3 amide bonds. The lowest BCUT2D eigenvalue weighted by Crippen LogP contribution is -2.55. The number of hydrogen-bond donors (Lipinski definition) is 1. The van der Waals surface area contributed by atoms with Crippen LogP contribution in [-0.4, -0.2) is 75.5 Å². The molecule has 3 aliphatic heterocycles. The summed E-state index contributed by atoms with van der Waals surface area (Å²) in [7, 11) is 2.80. The summed E-state index contributed by atoms with van der Waals surface area (Å²) in [6.07, 6.45) is -0.954. The van der Waals surface area contributed by atoms with E-state index in [-0.39, 0.29) is 36.2 Å². The summed E-state index contributed by atoms with van der Waals surface area (Å²) in [5.74, 6) is -0.727. The number of anilines is 1. The van der Waals surface area contributed by atoms with Gasteiger partial charge in [-0.15, -0.1) is 0 Å². The number of aromatic nitrogens is 2. The molecule has 12 nitrogen and oxygen atoms in total. The molecule has 12 heteroatoms. The van der Waals surface area contributed by atoms with Gasteiger partial charge >= 0.3 is 5.69 Å². The SMILES string of the molecule is Cn1c2c(c(=O)n(C)c1=O)[C@@H](CC(=O)N1CCN(C(=O)[C@H]3COc4ccccc4O3)CC1)C(=O)N2. The van der Waals surface area contributed by atoms with E-state index in [4.69, 9.17) is 9.47 Å². The van der Waals surface area contributed by atoms with Crippen LogP contribution in [0.3, 0.4) is 0 Å². The van der Waals surface area contributed by atoms with Gasteiger partial charge in [0.15, 0.2) is 11.5 Å². The van der Waals surface area contributed by atoms with Crippen molar-refractivity contribution in [2.75, 3.05) is 38.1 Å². The van der Waals surface area contributed by atoms with E-state index in [0.29, 0.717) is 37.7 Å². The van der Waals surface area contributed by atoms with Crippen LogP contribution >= 0.6 is 0 Å². The number of benzene rings is 1. The Labute approximate surface area is 199 Å². The summed E-state index contributed by atoms with van der Waals surface area (Å²) in [6.45, 7) is 1.33. The number of nitrogens with zero attached hydrogens (tertiary/aromatic N) is 4. The number of ether oxygens (including phenoxy) is 2. The molecule has 2 aromatic rings. The number of piperazine rings is 1. The third kappa shape index (κ3) is 3.84. The Balaban J connectivity index is 1.22. The normalized spacial score (nSPS) is 20.9. The summed E-state index contributed by atoms with van der Waals surface area (Å²) >= 11 is 0. The van der Waals surface area contributed by atoms with E-state index in [0.717, 1.165) is 4.57 Å². The first-order valence-corrected chi connectivity index (χ1v) is 11.3. The Morgan fingerprint density at radius 2 is 1.63 bits per heavy atom. The molecular formula is C23H25N5O7. The van der Waals surface area contributed by atoms with Gasteiger partial charge < -0.3 is 24.6 Å². The number of nitrogens with one attached hydrogen (secondary N) is 1. The Morgan fingerprint density at radius 3 is 2.34 bits per heavy atom. The first-order valence-electron chi connectivity index (χ1n) is 11.3. The molecule has 0 bridgehead atoms. The monoisotopic (exact) mass is 483 g/mol. The minimum absolute atomic E-state index is 0.114. The largest absolute Gasteiger partial charge is 0.485 e. The van der Waals surface area contributed by atoms with Gasteiger partial charge in [-0.3, -0.25) is 28.3 Å². The highest BCUT2D eigenvalue weighted by Crippen LogP contribution is 2.32. The van der Waals surface area contributed by atoms with Crippen LogP contribution in [0.2, 0.25) is 0 Å². The molecule has 0 saturated carbocycles. The number of amides is 3. The highest BCUT2D eigenvalue weighted by molar-refractivity contribution is 6.04. The van der Waals surface area contributed by atoms with Crippen LogP contribution in [0, 0.1) is 0 Å². The van der Waals surface area contributed by atoms with Gasteiger partial charge in [-0.25, -0.2) is 4.79 Å². The molecular weight excluding hydrogens is 458 g/mol. The van der Waals surface area contributed by atoms with Gasteiger partial charge in [0.2, 0.25) is 17.9 Å². The fraction of sp³-hybridized carbons (Fsp3) is 0.435. The fourth-order valence-electron chi connectivity index (χ4n) is 4.69. The molecule has 0 spiro atoms. The zero-order valence-corrected chi connectivity index (χ0v) is 19.4. The minimum atomic E-state index is -0.976. The summed E-state index contributed by atoms with van der Waals surface area (Å²) in [6, 6.07) is 7.15. The lowest BCUT2D eigenvalue weighted by molar-refractivity contribution is -0.146. The second-order valence-electron chi connectivity index (χ2n) is 8.78. The number of carbonyl (C=O) groups excluding carboxylic acids is 3. The fourth-order valence-corrected chi connectivity index (χ4v) is 4.69. The maximum absolute atomic E-state index is 13.0. The topological polar surface area (TPSA) is 132 Å². The van der Waals surface area contributed by atoms with Gasteiger partial charge in [0.1, 0.15) is 12.4 Å². The molecule has 184 valence electrons. The predicted molar refractivity (Wildman–Crippen MR) is 122 cm³/mol. The summed E-state index contributed by atoms with van der Waals surface area (Å²) in [5, 5.41) is 2.56. The van der Waals surface area contributed by atoms with Crippen molar-refractivity contribution in [3.63, 3.8) is 0 Å². The van der Waals surface area contributed by atoms with Crippen molar-refractivity contribution < 1.29 is 23.9 Å². The Kier molecular flexibility index (Phi) is 5.58. The highest BCUT2D eigenvalue weighted by Gasteiger charge is 2.39. The van der Waals surface area contributed by atoms with Gasteiger partial charge in [-0.05, 0) is 12.1 Å². The molecule has 1 N–H and O–H groups in total. The smallest absolute Gasteiger partial charge is 0.332 e. The van der Waals surface area contributed by atoms with Crippen molar-refractivity contribution in [3.05, 3.63) is 50.7 Å². The average molecular weight is 483 g/mol. The molecule has 5 rings (SSSR count). The van der Waals surface area contributed by atoms with Crippen LogP contribution < -0.4 is 26.0 Å². The van der Waals surface area contributed by atoms with E-state index < -0.39 is 29.2 Å². The molecule has 1 aromatic heterocycles. The Hall–Kier alpha value is -4.09. The van der Waals surface area contributed by atoms with Crippen LogP contribution in [0.5, 0.6) is 11.5 Å². The van der Waals surface area contributed by atoms with Gasteiger partial charge in [0.05, 0.1) is 11.5 Å². The van der Waals surface area contributed by atoms with Gasteiger partial charge in [-0.2, -0.15) is 0 Å². The zero-order valence-electron chi connectivity index (χ0n) is 19.4. The molecule has 4 heterocycles. The van der Waals surface area contributed by atoms with E-state index in [9.17, 15) is 24.0 Å². The molecule has 2 atom stereocenters. The van der Waals surface area contributed by atoms with Gasteiger partial charge in [0.25, 0.3) is 11.5 Å². The third-order valence-corrected chi connectivity index (χ3v) is 6.71. The molecule has 0 radical (unpaired) electrons.